The molecule has 1 aliphatic heterocycles. The lowest BCUT2D eigenvalue weighted by Gasteiger charge is -2.15. The third kappa shape index (κ3) is 3.68. The van der Waals surface area contributed by atoms with E-state index in [1.165, 1.54) is 72.8 Å². The third-order valence-electron chi connectivity index (χ3n) is 4.82. The van der Waals surface area contributed by atoms with Gasteiger partial charge in [0.05, 0.1) is 27.8 Å². The first-order valence-corrected chi connectivity index (χ1v) is 9.29. The number of amides is 2. The Balaban J connectivity index is 1.80. The summed E-state index contributed by atoms with van der Waals surface area (Å²) in [4.78, 5) is 37.9. The van der Waals surface area contributed by atoms with Gasteiger partial charge in [0.1, 0.15) is 11.5 Å². The first kappa shape index (κ1) is 20.4. The molecule has 0 spiro atoms. The van der Waals surface area contributed by atoms with Crippen LogP contribution in [0.15, 0.2) is 78.5 Å². The van der Waals surface area contributed by atoms with E-state index in [0.29, 0.717) is 16.8 Å². The van der Waals surface area contributed by atoms with E-state index in [2.05, 4.69) is 5.32 Å². The molecule has 0 saturated carbocycles. The number of hydrogen-bond donors (Lipinski definition) is 1. The van der Waals surface area contributed by atoms with Gasteiger partial charge in [-0.1, -0.05) is 0 Å². The minimum absolute atomic E-state index is 0.0126. The average Bonchev–Trinajstić information content (AvgIpc) is 3.04. The zero-order valence-electron chi connectivity index (χ0n) is 16.3. The summed E-state index contributed by atoms with van der Waals surface area (Å²) < 4.78 is 13.3. The fourth-order valence-corrected chi connectivity index (χ4v) is 3.26. The van der Waals surface area contributed by atoms with Crippen molar-refractivity contribution < 1.29 is 18.9 Å². The van der Waals surface area contributed by atoms with Crippen molar-refractivity contribution in [3.8, 4) is 6.07 Å². The van der Waals surface area contributed by atoms with Gasteiger partial charge in [0, 0.05) is 17.8 Å². The number of rotatable bonds is 5. The van der Waals surface area contributed by atoms with E-state index in [1.54, 1.807) is 0 Å². The molecular formula is C23H13FN4O4. The standard InChI is InChI=1S/C23H13FN4O4/c24-16-5-7-17(8-6-16)26-21-20(15-3-11-19(12-4-15)28(31)32)22(29)27(23(21)30)18-9-1-14(13-25)2-10-18/h1-12,26H. The van der Waals surface area contributed by atoms with E-state index >= 15 is 0 Å². The van der Waals surface area contributed by atoms with Crippen LogP contribution in [0.1, 0.15) is 11.1 Å². The van der Waals surface area contributed by atoms with Crippen molar-refractivity contribution in [1.29, 1.82) is 5.26 Å². The van der Waals surface area contributed by atoms with Gasteiger partial charge in [-0.25, -0.2) is 9.29 Å². The van der Waals surface area contributed by atoms with Crippen LogP contribution < -0.4 is 10.2 Å². The van der Waals surface area contributed by atoms with Gasteiger partial charge in [-0.3, -0.25) is 19.7 Å². The number of non-ortho nitro benzene ring substituents is 1. The minimum atomic E-state index is -0.655. The van der Waals surface area contributed by atoms with Crippen LogP contribution in [0, 0.1) is 27.3 Å². The number of benzene rings is 3. The summed E-state index contributed by atoms with van der Waals surface area (Å²) in [7, 11) is 0. The Kier molecular flexibility index (Phi) is 5.18. The fourth-order valence-electron chi connectivity index (χ4n) is 3.26. The second-order valence-corrected chi connectivity index (χ2v) is 6.79. The highest BCUT2D eigenvalue weighted by Crippen LogP contribution is 2.34. The van der Waals surface area contributed by atoms with E-state index in [9.17, 15) is 24.1 Å². The van der Waals surface area contributed by atoms with Gasteiger partial charge in [0.25, 0.3) is 17.5 Å². The molecule has 3 aromatic rings. The molecule has 0 bridgehead atoms. The number of nitrogens with one attached hydrogen (secondary N) is 1. The first-order chi connectivity index (χ1) is 15.4. The zero-order chi connectivity index (χ0) is 22.8. The van der Waals surface area contributed by atoms with Crippen molar-refractivity contribution >= 4 is 34.4 Å². The van der Waals surface area contributed by atoms with E-state index in [0.717, 1.165) is 4.90 Å². The molecule has 0 saturated heterocycles. The van der Waals surface area contributed by atoms with Crippen LogP contribution in [-0.2, 0) is 9.59 Å². The molecule has 1 aliphatic rings. The summed E-state index contributed by atoms with van der Waals surface area (Å²) >= 11 is 0. The summed E-state index contributed by atoms with van der Waals surface area (Å²) in [6.45, 7) is 0. The Labute approximate surface area is 181 Å². The van der Waals surface area contributed by atoms with Crippen LogP contribution in [0.5, 0.6) is 0 Å². The maximum absolute atomic E-state index is 13.3. The lowest BCUT2D eigenvalue weighted by Crippen LogP contribution is -2.32. The number of carbonyl (C=O) groups excluding carboxylic acids is 2. The van der Waals surface area contributed by atoms with Crippen molar-refractivity contribution in [1.82, 2.24) is 0 Å². The molecule has 8 nitrogen and oxygen atoms in total. The molecule has 0 atom stereocenters. The summed E-state index contributed by atoms with van der Waals surface area (Å²) in [5, 5.41) is 22.8. The molecule has 4 rings (SSSR count). The fraction of sp³-hybridized carbons (Fsp3) is 0. The molecule has 1 N–H and O–H groups in total. The summed E-state index contributed by atoms with van der Waals surface area (Å²) in [6.07, 6.45) is 0. The molecule has 0 aliphatic carbocycles. The zero-order valence-corrected chi connectivity index (χ0v) is 16.3. The number of nitrogens with zero attached hydrogens (tertiary/aromatic N) is 3. The smallest absolute Gasteiger partial charge is 0.282 e. The van der Waals surface area contributed by atoms with E-state index in [-0.39, 0.29) is 22.6 Å². The number of halogens is 1. The molecule has 0 unspecified atom stereocenters. The predicted molar refractivity (Wildman–Crippen MR) is 114 cm³/mol. The van der Waals surface area contributed by atoms with Crippen molar-refractivity contribution in [2.45, 2.75) is 0 Å². The highest BCUT2D eigenvalue weighted by atomic mass is 19.1. The number of hydrogen-bond acceptors (Lipinski definition) is 6. The van der Waals surface area contributed by atoms with Gasteiger partial charge >= 0.3 is 0 Å². The Morgan fingerprint density at radius 1 is 0.906 bits per heavy atom. The number of nitriles is 1. The Morgan fingerprint density at radius 3 is 2.09 bits per heavy atom. The lowest BCUT2D eigenvalue weighted by molar-refractivity contribution is -0.384. The molecule has 156 valence electrons. The van der Waals surface area contributed by atoms with Gasteiger partial charge in [-0.05, 0) is 66.2 Å². The summed E-state index contributed by atoms with van der Waals surface area (Å²) in [6, 6.07) is 18.3. The van der Waals surface area contributed by atoms with Crippen LogP contribution >= 0.6 is 0 Å². The van der Waals surface area contributed by atoms with Gasteiger partial charge < -0.3 is 5.32 Å². The van der Waals surface area contributed by atoms with Crippen LogP contribution in [0.25, 0.3) is 5.57 Å². The first-order valence-electron chi connectivity index (χ1n) is 9.29. The van der Waals surface area contributed by atoms with Gasteiger partial charge in [0.2, 0.25) is 0 Å². The van der Waals surface area contributed by atoms with Gasteiger partial charge in [-0.15, -0.1) is 0 Å². The maximum atomic E-state index is 13.3. The summed E-state index contributed by atoms with van der Waals surface area (Å²) in [5.41, 5.74) is 1.09. The van der Waals surface area contributed by atoms with Crippen molar-refractivity contribution in [2.24, 2.45) is 0 Å². The predicted octanol–water partition coefficient (Wildman–Crippen LogP) is 4.00. The van der Waals surface area contributed by atoms with E-state index in [1.807, 2.05) is 6.07 Å². The molecule has 2 amide bonds. The molecule has 0 radical (unpaired) electrons. The Bertz CT molecular complexity index is 1310. The quantitative estimate of drug-likeness (QED) is 0.373. The molecule has 0 fully saturated rings. The lowest BCUT2D eigenvalue weighted by atomic mass is 10.0. The number of nitro benzene ring substituents is 1. The van der Waals surface area contributed by atoms with Crippen molar-refractivity contribution in [3.63, 3.8) is 0 Å². The van der Waals surface area contributed by atoms with Crippen LogP contribution in [0.3, 0.4) is 0 Å². The number of carbonyl (C=O) groups is 2. The maximum Gasteiger partial charge on any atom is 0.282 e. The molecule has 32 heavy (non-hydrogen) atoms. The highest BCUT2D eigenvalue weighted by Gasteiger charge is 2.40. The average molecular weight is 428 g/mol. The van der Waals surface area contributed by atoms with Crippen molar-refractivity contribution in [2.75, 3.05) is 10.2 Å². The van der Waals surface area contributed by atoms with Crippen molar-refractivity contribution in [3.05, 3.63) is 106 Å². The van der Waals surface area contributed by atoms with Crippen LogP contribution in [-0.4, -0.2) is 16.7 Å². The highest BCUT2D eigenvalue weighted by molar-refractivity contribution is 6.46. The second-order valence-electron chi connectivity index (χ2n) is 6.79. The SMILES string of the molecule is N#Cc1ccc(N2C(=O)C(Nc3ccc(F)cc3)=C(c3ccc([N+](=O)[O-])cc3)C2=O)cc1. The normalized spacial score (nSPS) is 13.3. The number of nitro groups is 1. The molecule has 9 heteroatoms. The molecule has 0 aromatic heterocycles. The Hall–Kier alpha value is -4.84. The topological polar surface area (TPSA) is 116 Å². The molecular weight excluding hydrogens is 415 g/mol. The van der Waals surface area contributed by atoms with E-state index in [4.69, 9.17) is 5.26 Å². The van der Waals surface area contributed by atoms with Crippen LogP contribution in [0.2, 0.25) is 0 Å². The van der Waals surface area contributed by atoms with Crippen LogP contribution in [0.4, 0.5) is 21.5 Å². The largest absolute Gasteiger partial charge is 0.350 e. The number of imide groups is 1. The molecule has 1 heterocycles. The van der Waals surface area contributed by atoms with E-state index < -0.39 is 22.6 Å². The summed E-state index contributed by atoms with van der Waals surface area (Å²) in [5.74, 6) is -1.76. The van der Waals surface area contributed by atoms with Gasteiger partial charge in [-0.2, -0.15) is 5.26 Å². The third-order valence-corrected chi connectivity index (χ3v) is 4.82. The van der Waals surface area contributed by atoms with Gasteiger partial charge in [0.15, 0.2) is 0 Å². The minimum Gasteiger partial charge on any atom is -0.350 e. The number of anilines is 2. The Morgan fingerprint density at radius 2 is 1.53 bits per heavy atom. The second kappa shape index (κ2) is 8.12. The molecule has 3 aromatic carbocycles. The monoisotopic (exact) mass is 428 g/mol.